The lowest BCUT2D eigenvalue weighted by atomic mass is 10.1. The Morgan fingerprint density at radius 3 is 2.83 bits per heavy atom. The lowest BCUT2D eigenvalue weighted by Gasteiger charge is -2.21. The summed E-state index contributed by atoms with van der Waals surface area (Å²) < 4.78 is 5.00. The number of halogens is 2. The molecule has 1 fully saturated rings. The predicted octanol–water partition coefficient (Wildman–Crippen LogP) is 2.41. The Hall–Kier alpha value is -1.21. The van der Waals surface area contributed by atoms with Crippen LogP contribution < -0.4 is 0 Å². The normalized spacial score (nSPS) is 22.9. The first-order valence-corrected chi connectivity index (χ1v) is 6.14. The number of aliphatic hydroxyl groups is 1. The van der Waals surface area contributed by atoms with Crippen LogP contribution in [0.15, 0.2) is 18.2 Å². The molecule has 1 aliphatic rings. The summed E-state index contributed by atoms with van der Waals surface area (Å²) in [7, 11) is 0. The van der Waals surface area contributed by atoms with Gasteiger partial charge in [-0.3, -0.25) is 4.79 Å². The molecular formula is C13H10Cl2O3. The van der Waals surface area contributed by atoms with E-state index < -0.39 is 18.2 Å². The Morgan fingerprint density at radius 2 is 2.17 bits per heavy atom. The van der Waals surface area contributed by atoms with Crippen LogP contribution in [0, 0.1) is 11.8 Å². The Balaban J connectivity index is 2.14. The summed E-state index contributed by atoms with van der Waals surface area (Å²) in [4.78, 5) is 11.1. The number of benzene rings is 1. The molecule has 0 aromatic heterocycles. The summed E-state index contributed by atoms with van der Waals surface area (Å²) in [6, 6.07) is 4.97. The van der Waals surface area contributed by atoms with Crippen LogP contribution in [0.2, 0.25) is 10.0 Å². The number of ether oxygens (including phenoxy) is 1. The Labute approximate surface area is 115 Å². The zero-order valence-electron chi connectivity index (χ0n) is 9.32. The van der Waals surface area contributed by atoms with E-state index in [9.17, 15) is 9.90 Å². The van der Waals surface area contributed by atoms with Crippen molar-refractivity contribution in [3.05, 3.63) is 33.8 Å². The number of cyclic esters (lactones) is 1. The first-order chi connectivity index (χ1) is 8.54. The zero-order chi connectivity index (χ0) is 13.1. The van der Waals surface area contributed by atoms with Gasteiger partial charge in [0.05, 0.1) is 17.5 Å². The summed E-state index contributed by atoms with van der Waals surface area (Å²) >= 11 is 11.7. The number of aliphatic hydroxyl groups excluding tert-OH is 1. The van der Waals surface area contributed by atoms with Crippen molar-refractivity contribution in [3.8, 4) is 11.8 Å². The molecule has 1 aromatic carbocycles. The molecular weight excluding hydrogens is 275 g/mol. The summed E-state index contributed by atoms with van der Waals surface area (Å²) in [6.07, 6.45) is -0.927. The van der Waals surface area contributed by atoms with Crippen LogP contribution in [-0.2, 0) is 9.53 Å². The maximum atomic E-state index is 11.1. The highest BCUT2D eigenvalue weighted by Crippen LogP contribution is 2.20. The van der Waals surface area contributed by atoms with Crippen molar-refractivity contribution in [2.75, 3.05) is 0 Å². The summed E-state index contributed by atoms with van der Waals surface area (Å²) in [5.41, 5.74) is 0.608. The van der Waals surface area contributed by atoms with Gasteiger partial charge in [0, 0.05) is 17.0 Å². The van der Waals surface area contributed by atoms with Gasteiger partial charge >= 0.3 is 5.97 Å². The van der Waals surface area contributed by atoms with E-state index in [1.54, 1.807) is 18.2 Å². The highest BCUT2D eigenvalue weighted by Gasteiger charge is 2.25. The molecule has 18 heavy (non-hydrogen) atoms. The summed E-state index contributed by atoms with van der Waals surface area (Å²) in [5.74, 6) is 5.17. The first kappa shape index (κ1) is 13.2. The second kappa shape index (κ2) is 5.62. The Bertz CT molecular complexity index is 531. The summed E-state index contributed by atoms with van der Waals surface area (Å²) in [5, 5.41) is 10.4. The SMILES string of the molecule is O=C1C[C@H](O)C[C@@H](C#Cc2ccc(Cl)cc2Cl)O1. The van der Waals surface area contributed by atoms with E-state index in [1.807, 2.05) is 0 Å². The molecule has 0 unspecified atom stereocenters. The molecule has 3 nitrogen and oxygen atoms in total. The average Bonchev–Trinajstić information content (AvgIpc) is 2.26. The molecule has 1 aliphatic heterocycles. The van der Waals surface area contributed by atoms with E-state index in [0.717, 1.165) is 0 Å². The highest BCUT2D eigenvalue weighted by molar-refractivity contribution is 6.35. The molecule has 1 saturated heterocycles. The van der Waals surface area contributed by atoms with Gasteiger partial charge in [-0.2, -0.15) is 0 Å². The van der Waals surface area contributed by atoms with Crippen molar-refractivity contribution in [2.24, 2.45) is 0 Å². The van der Waals surface area contributed by atoms with Crippen molar-refractivity contribution in [1.29, 1.82) is 0 Å². The quantitative estimate of drug-likeness (QED) is 0.588. The van der Waals surface area contributed by atoms with Gasteiger partial charge in [-0.1, -0.05) is 35.0 Å². The molecule has 0 radical (unpaired) electrons. The van der Waals surface area contributed by atoms with Crippen molar-refractivity contribution < 1.29 is 14.6 Å². The molecule has 2 rings (SSSR count). The fourth-order valence-corrected chi connectivity index (χ4v) is 2.07. The zero-order valence-corrected chi connectivity index (χ0v) is 10.8. The lowest BCUT2D eigenvalue weighted by molar-refractivity contribution is -0.155. The minimum atomic E-state index is -0.689. The third kappa shape index (κ3) is 3.39. The van der Waals surface area contributed by atoms with Gasteiger partial charge in [0.25, 0.3) is 0 Å². The fraction of sp³-hybridized carbons (Fsp3) is 0.308. The third-order valence-corrected chi connectivity index (χ3v) is 3.01. The molecule has 1 heterocycles. The monoisotopic (exact) mass is 284 g/mol. The summed E-state index contributed by atoms with van der Waals surface area (Å²) in [6.45, 7) is 0. The molecule has 0 amide bonds. The van der Waals surface area contributed by atoms with Crippen molar-refractivity contribution in [2.45, 2.75) is 25.0 Å². The van der Waals surface area contributed by atoms with Gasteiger partial charge in [0.15, 0.2) is 6.10 Å². The van der Waals surface area contributed by atoms with Crippen LogP contribution in [0.1, 0.15) is 18.4 Å². The maximum Gasteiger partial charge on any atom is 0.309 e. The predicted molar refractivity (Wildman–Crippen MR) is 68.5 cm³/mol. The molecule has 0 bridgehead atoms. The average molecular weight is 285 g/mol. The number of rotatable bonds is 0. The van der Waals surface area contributed by atoms with Gasteiger partial charge < -0.3 is 9.84 Å². The molecule has 1 aromatic rings. The van der Waals surface area contributed by atoms with Gasteiger partial charge in [0.1, 0.15) is 0 Å². The second-order valence-electron chi connectivity index (χ2n) is 3.97. The smallest absolute Gasteiger partial charge is 0.309 e. The topological polar surface area (TPSA) is 46.5 Å². The second-order valence-corrected chi connectivity index (χ2v) is 4.81. The molecule has 5 heteroatoms. The standard InChI is InChI=1S/C13H10Cl2O3/c14-9-3-1-8(12(15)5-9)2-4-11-6-10(16)7-13(17)18-11/h1,3,5,10-11,16H,6-7H2/t10-,11-/m1/s1. The Kier molecular flexibility index (Phi) is 4.13. The minimum Gasteiger partial charge on any atom is -0.449 e. The van der Waals surface area contributed by atoms with E-state index in [-0.39, 0.29) is 6.42 Å². The van der Waals surface area contributed by atoms with Crippen LogP contribution in [0.4, 0.5) is 0 Å². The van der Waals surface area contributed by atoms with Crippen LogP contribution in [0.5, 0.6) is 0 Å². The molecule has 0 spiro atoms. The maximum absolute atomic E-state index is 11.1. The molecule has 2 atom stereocenters. The minimum absolute atomic E-state index is 0.0277. The van der Waals surface area contributed by atoms with Crippen LogP contribution >= 0.6 is 23.2 Å². The number of hydrogen-bond donors (Lipinski definition) is 1. The van der Waals surface area contributed by atoms with Gasteiger partial charge in [-0.15, -0.1) is 0 Å². The van der Waals surface area contributed by atoms with E-state index in [1.165, 1.54) is 0 Å². The van der Waals surface area contributed by atoms with E-state index in [2.05, 4.69) is 11.8 Å². The number of esters is 1. The number of carbonyl (C=O) groups excluding carboxylic acids is 1. The first-order valence-electron chi connectivity index (χ1n) is 5.39. The van der Waals surface area contributed by atoms with E-state index >= 15 is 0 Å². The van der Waals surface area contributed by atoms with Crippen LogP contribution in [-0.4, -0.2) is 23.3 Å². The van der Waals surface area contributed by atoms with Crippen molar-refractivity contribution in [3.63, 3.8) is 0 Å². The van der Waals surface area contributed by atoms with E-state index in [4.69, 9.17) is 27.9 Å². The van der Waals surface area contributed by atoms with Gasteiger partial charge in [-0.25, -0.2) is 0 Å². The Morgan fingerprint density at radius 1 is 1.39 bits per heavy atom. The largest absolute Gasteiger partial charge is 0.449 e. The molecule has 1 N–H and O–H groups in total. The fourth-order valence-electron chi connectivity index (χ4n) is 1.62. The highest BCUT2D eigenvalue weighted by atomic mass is 35.5. The van der Waals surface area contributed by atoms with Crippen LogP contribution in [0.25, 0.3) is 0 Å². The molecule has 0 aliphatic carbocycles. The van der Waals surface area contributed by atoms with Gasteiger partial charge in [0.2, 0.25) is 0 Å². The number of hydrogen-bond acceptors (Lipinski definition) is 3. The van der Waals surface area contributed by atoms with Crippen molar-refractivity contribution in [1.82, 2.24) is 0 Å². The lowest BCUT2D eigenvalue weighted by Crippen LogP contribution is -2.31. The third-order valence-electron chi connectivity index (χ3n) is 2.46. The van der Waals surface area contributed by atoms with Crippen molar-refractivity contribution >= 4 is 29.2 Å². The molecule has 0 saturated carbocycles. The number of carbonyl (C=O) groups is 1. The van der Waals surface area contributed by atoms with Crippen LogP contribution in [0.3, 0.4) is 0 Å². The molecule has 94 valence electrons. The van der Waals surface area contributed by atoms with Gasteiger partial charge in [-0.05, 0) is 18.2 Å². The van der Waals surface area contributed by atoms with E-state index in [0.29, 0.717) is 22.0 Å².